The molecule has 0 saturated carbocycles. The maximum Gasteiger partial charge on any atom is 0.216 e. The molecule has 0 saturated heterocycles. The van der Waals surface area contributed by atoms with Crippen LogP contribution in [0.4, 0.5) is 0 Å². The standard InChI is InChI=1S/C12H14N4OS/c1-3-11-14-15-12(18)16(11)13-8-9-4-6-10(17-2)7-5-9/h4-8H,3H2,1-2H3,(H,15,18). The molecule has 0 aliphatic heterocycles. The van der Waals surface area contributed by atoms with Gasteiger partial charge in [0.1, 0.15) is 5.75 Å². The number of H-pyrrole nitrogens is 1. The summed E-state index contributed by atoms with van der Waals surface area (Å²) < 4.78 is 7.22. The highest BCUT2D eigenvalue weighted by Crippen LogP contribution is 2.10. The quantitative estimate of drug-likeness (QED) is 0.680. The molecule has 2 aromatic rings. The first kappa shape index (κ1) is 12.5. The summed E-state index contributed by atoms with van der Waals surface area (Å²) in [6, 6.07) is 7.63. The monoisotopic (exact) mass is 262 g/mol. The van der Waals surface area contributed by atoms with Crippen molar-refractivity contribution in [2.24, 2.45) is 5.10 Å². The van der Waals surface area contributed by atoms with Gasteiger partial charge in [-0.25, -0.2) is 0 Å². The summed E-state index contributed by atoms with van der Waals surface area (Å²) in [6.07, 6.45) is 2.51. The second-order valence-corrected chi connectivity index (χ2v) is 4.01. The van der Waals surface area contributed by atoms with E-state index in [0.29, 0.717) is 4.77 Å². The maximum atomic E-state index is 5.11. The fourth-order valence-electron chi connectivity index (χ4n) is 1.49. The van der Waals surface area contributed by atoms with Gasteiger partial charge in [-0.2, -0.15) is 14.9 Å². The minimum Gasteiger partial charge on any atom is -0.497 e. The molecule has 0 spiro atoms. The molecule has 2 rings (SSSR count). The summed E-state index contributed by atoms with van der Waals surface area (Å²) in [7, 11) is 1.64. The molecular weight excluding hydrogens is 248 g/mol. The molecular formula is C12H14N4OS. The van der Waals surface area contributed by atoms with Crippen LogP contribution in [0.3, 0.4) is 0 Å². The second-order valence-electron chi connectivity index (χ2n) is 3.63. The van der Waals surface area contributed by atoms with Gasteiger partial charge in [-0.1, -0.05) is 6.92 Å². The summed E-state index contributed by atoms with van der Waals surface area (Å²) in [5.41, 5.74) is 0.973. The smallest absolute Gasteiger partial charge is 0.216 e. The summed E-state index contributed by atoms with van der Waals surface area (Å²) >= 11 is 5.11. The maximum absolute atomic E-state index is 5.11. The van der Waals surface area contributed by atoms with Crippen molar-refractivity contribution in [1.29, 1.82) is 0 Å². The van der Waals surface area contributed by atoms with E-state index < -0.39 is 0 Å². The number of nitrogens with zero attached hydrogens (tertiary/aromatic N) is 3. The van der Waals surface area contributed by atoms with Crippen molar-refractivity contribution in [3.05, 3.63) is 40.4 Å². The van der Waals surface area contributed by atoms with Crippen molar-refractivity contribution in [1.82, 2.24) is 14.9 Å². The normalized spacial score (nSPS) is 11.0. The highest BCUT2D eigenvalue weighted by Gasteiger charge is 2.00. The van der Waals surface area contributed by atoms with Gasteiger partial charge in [0, 0.05) is 6.42 Å². The van der Waals surface area contributed by atoms with Gasteiger partial charge >= 0.3 is 0 Å². The molecule has 1 aromatic carbocycles. The summed E-state index contributed by atoms with van der Waals surface area (Å²) in [6.45, 7) is 2.00. The molecule has 6 heteroatoms. The molecule has 0 unspecified atom stereocenters. The molecule has 0 aliphatic rings. The van der Waals surface area contributed by atoms with Crippen molar-refractivity contribution in [2.45, 2.75) is 13.3 Å². The van der Waals surface area contributed by atoms with E-state index in [2.05, 4.69) is 15.3 Å². The summed E-state index contributed by atoms with van der Waals surface area (Å²) in [4.78, 5) is 0. The molecule has 94 valence electrons. The van der Waals surface area contributed by atoms with Crippen LogP contribution in [-0.4, -0.2) is 28.2 Å². The minimum atomic E-state index is 0.497. The Morgan fingerprint density at radius 2 is 2.17 bits per heavy atom. The van der Waals surface area contributed by atoms with Gasteiger partial charge in [0.25, 0.3) is 0 Å². The number of hydrogen-bond acceptors (Lipinski definition) is 4. The Balaban J connectivity index is 2.24. The van der Waals surface area contributed by atoms with Crippen molar-refractivity contribution in [2.75, 3.05) is 7.11 Å². The molecule has 1 heterocycles. The van der Waals surface area contributed by atoms with Crippen LogP contribution in [-0.2, 0) is 6.42 Å². The number of aryl methyl sites for hydroxylation is 1. The van der Waals surface area contributed by atoms with Gasteiger partial charge in [0.05, 0.1) is 13.3 Å². The Bertz CT molecular complexity index is 597. The zero-order chi connectivity index (χ0) is 13.0. The van der Waals surface area contributed by atoms with E-state index >= 15 is 0 Å². The lowest BCUT2D eigenvalue weighted by Gasteiger charge is -1.99. The average molecular weight is 262 g/mol. The molecule has 0 radical (unpaired) electrons. The number of nitrogens with one attached hydrogen (secondary N) is 1. The zero-order valence-corrected chi connectivity index (χ0v) is 11.1. The van der Waals surface area contributed by atoms with Crippen LogP contribution in [0.15, 0.2) is 29.4 Å². The largest absolute Gasteiger partial charge is 0.497 e. The summed E-state index contributed by atoms with van der Waals surface area (Å²) in [5.74, 6) is 1.63. The van der Waals surface area contributed by atoms with E-state index in [0.717, 1.165) is 23.6 Å². The van der Waals surface area contributed by atoms with Crippen LogP contribution in [0.25, 0.3) is 0 Å². The molecule has 1 N–H and O–H groups in total. The highest BCUT2D eigenvalue weighted by atomic mass is 32.1. The van der Waals surface area contributed by atoms with Crippen LogP contribution in [0.5, 0.6) is 5.75 Å². The lowest BCUT2D eigenvalue weighted by atomic mass is 10.2. The Hall–Kier alpha value is -1.95. The second kappa shape index (κ2) is 5.59. The van der Waals surface area contributed by atoms with Crippen LogP contribution < -0.4 is 4.74 Å². The number of ether oxygens (including phenoxy) is 1. The van der Waals surface area contributed by atoms with E-state index in [4.69, 9.17) is 17.0 Å². The first-order valence-corrected chi connectivity index (χ1v) is 6.00. The Morgan fingerprint density at radius 3 is 2.78 bits per heavy atom. The lowest BCUT2D eigenvalue weighted by molar-refractivity contribution is 0.415. The fourth-order valence-corrected chi connectivity index (χ4v) is 1.68. The molecule has 0 atom stereocenters. The van der Waals surface area contributed by atoms with E-state index in [9.17, 15) is 0 Å². The minimum absolute atomic E-state index is 0.497. The van der Waals surface area contributed by atoms with Crippen LogP contribution in [0, 0.1) is 4.77 Å². The zero-order valence-electron chi connectivity index (χ0n) is 10.3. The topological polar surface area (TPSA) is 55.2 Å². The van der Waals surface area contributed by atoms with E-state index in [1.807, 2.05) is 31.2 Å². The average Bonchev–Trinajstić information content (AvgIpc) is 2.77. The van der Waals surface area contributed by atoms with E-state index in [1.165, 1.54) is 0 Å². The van der Waals surface area contributed by atoms with Crippen molar-refractivity contribution < 1.29 is 4.74 Å². The van der Waals surface area contributed by atoms with E-state index in [-0.39, 0.29) is 0 Å². The van der Waals surface area contributed by atoms with Gasteiger partial charge in [0.15, 0.2) is 5.82 Å². The van der Waals surface area contributed by atoms with Crippen molar-refractivity contribution in [3.8, 4) is 5.75 Å². The van der Waals surface area contributed by atoms with Gasteiger partial charge in [-0.15, -0.1) is 0 Å². The number of aromatic amines is 1. The Kier molecular flexibility index (Phi) is 3.88. The third kappa shape index (κ3) is 2.65. The third-order valence-electron chi connectivity index (χ3n) is 2.47. The third-order valence-corrected chi connectivity index (χ3v) is 2.74. The van der Waals surface area contributed by atoms with Gasteiger partial charge in [0.2, 0.25) is 4.77 Å². The van der Waals surface area contributed by atoms with Crippen molar-refractivity contribution in [3.63, 3.8) is 0 Å². The molecule has 18 heavy (non-hydrogen) atoms. The van der Waals surface area contributed by atoms with Gasteiger partial charge < -0.3 is 4.74 Å². The molecule has 0 amide bonds. The predicted molar refractivity (Wildman–Crippen MR) is 72.8 cm³/mol. The number of hydrogen-bond donors (Lipinski definition) is 1. The first-order chi connectivity index (χ1) is 8.74. The van der Waals surface area contributed by atoms with E-state index in [1.54, 1.807) is 18.0 Å². The highest BCUT2D eigenvalue weighted by molar-refractivity contribution is 7.71. The molecule has 0 fully saturated rings. The number of methoxy groups -OCH3 is 1. The van der Waals surface area contributed by atoms with Gasteiger partial charge in [-0.3, -0.25) is 5.10 Å². The Morgan fingerprint density at radius 1 is 1.44 bits per heavy atom. The van der Waals surface area contributed by atoms with Crippen LogP contribution in [0.2, 0.25) is 0 Å². The van der Waals surface area contributed by atoms with Crippen LogP contribution in [0.1, 0.15) is 18.3 Å². The number of benzene rings is 1. The first-order valence-electron chi connectivity index (χ1n) is 5.59. The predicted octanol–water partition coefficient (Wildman–Crippen LogP) is 2.39. The Labute approximate surface area is 110 Å². The SMILES string of the molecule is CCc1n[nH]c(=S)n1N=Cc1ccc(OC)cc1. The number of rotatable bonds is 4. The molecule has 0 bridgehead atoms. The molecule has 0 aliphatic carbocycles. The molecule has 1 aromatic heterocycles. The fraction of sp³-hybridized carbons (Fsp3) is 0.250. The summed E-state index contributed by atoms with van der Waals surface area (Å²) in [5, 5.41) is 11.1. The lowest BCUT2D eigenvalue weighted by Crippen LogP contribution is -1.97. The van der Waals surface area contributed by atoms with Crippen LogP contribution >= 0.6 is 12.2 Å². The van der Waals surface area contributed by atoms with Crippen molar-refractivity contribution >= 4 is 18.4 Å². The number of aromatic nitrogens is 3. The molecule has 5 nitrogen and oxygen atoms in total. The van der Waals surface area contributed by atoms with Gasteiger partial charge in [-0.05, 0) is 42.0 Å².